The largest absolute Gasteiger partial charge is 0.497 e. The lowest BCUT2D eigenvalue weighted by Gasteiger charge is -2.51. The van der Waals surface area contributed by atoms with Crippen molar-refractivity contribution in [2.45, 2.75) is 18.9 Å². The highest BCUT2D eigenvalue weighted by Crippen LogP contribution is 2.36. The standard InChI is InChI=1S/C25H35N7O2/c1-34-23-5-3-21(4-6-23)29-25(33)28-16-22-15-19-7-10-32(22)18-20(19)17-30-11-13-31(14-12-30)24-26-8-2-9-27-24/h2-6,8-9,19-20,22H,7,10-18H2,1H3,(H2,28,29,33)/t19-,20+,22+/m1/s1. The van der Waals surface area contributed by atoms with E-state index in [0.29, 0.717) is 12.6 Å². The Balaban J connectivity index is 1.05. The van der Waals surface area contributed by atoms with Gasteiger partial charge in [-0.2, -0.15) is 0 Å². The molecule has 1 aromatic carbocycles. The van der Waals surface area contributed by atoms with Crippen LogP contribution in [0.5, 0.6) is 5.75 Å². The third-order valence-electron chi connectivity index (χ3n) is 7.56. The first-order valence-electron chi connectivity index (χ1n) is 12.3. The highest BCUT2D eigenvalue weighted by Gasteiger charge is 2.40. The van der Waals surface area contributed by atoms with Crippen molar-refractivity contribution in [1.29, 1.82) is 0 Å². The summed E-state index contributed by atoms with van der Waals surface area (Å²) in [6, 6.07) is 9.54. The lowest BCUT2D eigenvalue weighted by molar-refractivity contribution is -0.0114. The van der Waals surface area contributed by atoms with Gasteiger partial charge in [0.2, 0.25) is 5.95 Å². The molecule has 0 spiro atoms. The van der Waals surface area contributed by atoms with Crippen molar-refractivity contribution in [2.75, 3.05) is 69.7 Å². The summed E-state index contributed by atoms with van der Waals surface area (Å²) >= 11 is 0. The predicted octanol–water partition coefficient (Wildman–Crippen LogP) is 2.14. The Hall–Kier alpha value is -2.91. The second kappa shape index (κ2) is 10.6. The fraction of sp³-hybridized carbons (Fsp3) is 0.560. The Morgan fingerprint density at radius 3 is 2.53 bits per heavy atom. The maximum absolute atomic E-state index is 12.4. The monoisotopic (exact) mass is 465 g/mol. The van der Waals surface area contributed by atoms with Crippen LogP contribution in [0, 0.1) is 11.8 Å². The van der Waals surface area contributed by atoms with Crippen LogP contribution in [0.25, 0.3) is 0 Å². The molecule has 2 amide bonds. The van der Waals surface area contributed by atoms with Crippen LogP contribution in [0.4, 0.5) is 16.4 Å². The summed E-state index contributed by atoms with van der Waals surface area (Å²) in [6.07, 6.45) is 6.08. The van der Waals surface area contributed by atoms with Crippen LogP contribution < -0.4 is 20.3 Å². The second-order valence-electron chi connectivity index (χ2n) is 9.59. The van der Waals surface area contributed by atoms with Crippen molar-refractivity contribution in [3.05, 3.63) is 42.7 Å². The number of hydrogen-bond acceptors (Lipinski definition) is 7. The van der Waals surface area contributed by atoms with E-state index in [1.165, 1.54) is 19.4 Å². The Labute approximate surface area is 201 Å². The van der Waals surface area contributed by atoms with Gasteiger partial charge >= 0.3 is 6.03 Å². The van der Waals surface area contributed by atoms with Crippen molar-refractivity contribution >= 4 is 17.7 Å². The molecule has 34 heavy (non-hydrogen) atoms. The summed E-state index contributed by atoms with van der Waals surface area (Å²) in [6.45, 7) is 8.26. The van der Waals surface area contributed by atoms with Gasteiger partial charge in [-0.1, -0.05) is 0 Å². The fourth-order valence-electron chi connectivity index (χ4n) is 5.65. The number of carbonyl (C=O) groups is 1. The summed E-state index contributed by atoms with van der Waals surface area (Å²) < 4.78 is 5.16. The highest BCUT2D eigenvalue weighted by atomic mass is 16.5. The molecule has 0 saturated carbocycles. The van der Waals surface area contributed by atoms with Crippen molar-refractivity contribution in [3.63, 3.8) is 0 Å². The summed E-state index contributed by atoms with van der Waals surface area (Å²) in [5, 5.41) is 5.99. The molecule has 2 N–H and O–H groups in total. The van der Waals surface area contributed by atoms with Crippen LogP contribution in [0.2, 0.25) is 0 Å². The molecule has 4 atom stereocenters. The van der Waals surface area contributed by atoms with E-state index in [1.54, 1.807) is 7.11 Å². The van der Waals surface area contributed by atoms with Gasteiger partial charge in [0.1, 0.15) is 5.75 Å². The number of fused-ring (bicyclic) bond motifs is 3. The zero-order valence-electron chi connectivity index (χ0n) is 19.9. The maximum Gasteiger partial charge on any atom is 0.319 e. The molecule has 4 saturated heterocycles. The van der Waals surface area contributed by atoms with E-state index in [1.807, 2.05) is 42.7 Å². The first-order valence-corrected chi connectivity index (χ1v) is 12.3. The Morgan fingerprint density at radius 1 is 1.09 bits per heavy atom. The molecular weight excluding hydrogens is 430 g/mol. The molecule has 182 valence electrons. The molecule has 9 heteroatoms. The lowest BCUT2D eigenvalue weighted by Crippen LogP contribution is -2.59. The van der Waals surface area contributed by atoms with Crippen LogP contribution >= 0.6 is 0 Å². The molecule has 9 nitrogen and oxygen atoms in total. The zero-order valence-corrected chi connectivity index (χ0v) is 19.9. The average molecular weight is 466 g/mol. The number of aromatic nitrogens is 2. The van der Waals surface area contributed by atoms with Gasteiger partial charge in [0.05, 0.1) is 7.11 Å². The maximum atomic E-state index is 12.4. The number of rotatable bonds is 7. The quantitative estimate of drug-likeness (QED) is 0.648. The number of nitrogens with zero attached hydrogens (tertiary/aromatic N) is 5. The summed E-state index contributed by atoms with van der Waals surface area (Å²) in [5.74, 6) is 3.09. The first-order chi connectivity index (χ1) is 16.7. The first kappa shape index (κ1) is 22.9. The number of methoxy groups -OCH3 is 1. The topological polar surface area (TPSA) is 85.9 Å². The van der Waals surface area contributed by atoms with Gasteiger partial charge in [-0.15, -0.1) is 0 Å². The van der Waals surface area contributed by atoms with Gasteiger partial charge in [-0.3, -0.25) is 9.80 Å². The summed E-state index contributed by atoms with van der Waals surface area (Å²) in [5.41, 5.74) is 0.766. The Kier molecular flexibility index (Phi) is 7.10. The van der Waals surface area contributed by atoms with Gasteiger partial charge in [0.15, 0.2) is 0 Å². The highest BCUT2D eigenvalue weighted by molar-refractivity contribution is 5.89. The predicted molar refractivity (Wildman–Crippen MR) is 132 cm³/mol. The molecular formula is C25H35N7O2. The number of carbonyl (C=O) groups excluding carboxylic acids is 1. The summed E-state index contributed by atoms with van der Waals surface area (Å²) in [4.78, 5) is 28.7. The van der Waals surface area contributed by atoms with Crippen LogP contribution in [0.3, 0.4) is 0 Å². The number of anilines is 2. The number of ether oxygens (including phenoxy) is 1. The van der Waals surface area contributed by atoms with Crippen molar-refractivity contribution in [2.24, 2.45) is 11.8 Å². The van der Waals surface area contributed by atoms with Gasteiger partial charge < -0.3 is 20.3 Å². The molecule has 5 heterocycles. The third kappa shape index (κ3) is 5.42. The number of piperidine rings is 3. The number of urea groups is 1. The molecule has 4 aliphatic rings. The molecule has 0 aliphatic carbocycles. The van der Waals surface area contributed by atoms with Gasteiger partial charge in [-0.25, -0.2) is 14.8 Å². The number of piperazine rings is 1. The van der Waals surface area contributed by atoms with E-state index in [2.05, 4.69) is 35.3 Å². The van der Waals surface area contributed by atoms with Crippen LogP contribution in [-0.2, 0) is 0 Å². The molecule has 2 bridgehead atoms. The minimum absolute atomic E-state index is 0.148. The van der Waals surface area contributed by atoms with Gasteiger partial charge in [-0.05, 0) is 61.6 Å². The van der Waals surface area contributed by atoms with E-state index < -0.39 is 0 Å². The normalized spacial score (nSPS) is 26.8. The van der Waals surface area contributed by atoms with Gasteiger partial charge in [0, 0.05) is 69.9 Å². The van der Waals surface area contributed by atoms with E-state index >= 15 is 0 Å². The second-order valence-corrected chi connectivity index (χ2v) is 9.59. The number of hydrogen-bond donors (Lipinski definition) is 2. The Bertz CT molecular complexity index is 934. The molecule has 4 fully saturated rings. The van der Waals surface area contributed by atoms with Crippen LogP contribution in [0.15, 0.2) is 42.7 Å². The average Bonchev–Trinajstić information content (AvgIpc) is 2.89. The van der Waals surface area contributed by atoms with Crippen molar-refractivity contribution < 1.29 is 9.53 Å². The van der Waals surface area contributed by atoms with E-state index in [9.17, 15) is 4.79 Å². The van der Waals surface area contributed by atoms with Crippen molar-refractivity contribution in [3.8, 4) is 5.75 Å². The molecule has 2 aromatic rings. The molecule has 1 aromatic heterocycles. The summed E-state index contributed by atoms with van der Waals surface area (Å²) in [7, 11) is 1.63. The lowest BCUT2D eigenvalue weighted by atomic mass is 9.75. The van der Waals surface area contributed by atoms with E-state index in [0.717, 1.165) is 68.5 Å². The number of nitrogens with one attached hydrogen (secondary N) is 2. The van der Waals surface area contributed by atoms with Gasteiger partial charge in [0.25, 0.3) is 0 Å². The van der Waals surface area contributed by atoms with Crippen molar-refractivity contribution in [1.82, 2.24) is 25.1 Å². The molecule has 1 unspecified atom stereocenters. The minimum atomic E-state index is -0.148. The van der Waals surface area contributed by atoms with E-state index in [4.69, 9.17) is 4.74 Å². The smallest absolute Gasteiger partial charge is 0.319 e. The van der Waals surface area contributed by atoms with E-state index in [-0.39, 0.29) is 6.03 Å². The fourth-order valence-corrected chi connectivity index (χ4v) is 5.65. The zero-order chi connectivity index (χ0) is 23.3. The molecule has 0 radical (unpaired) electrons. The Morgan fingerprint density at radius 2 is 1.85 bits per heavy atom. The molecule has 4 aliphatic heterocycles. The minimum Gasteiger partial charge on any atom is -0.497 e. The SMILES string of the molecule is COc1ccc(NC(=O)NC[C@@H]2C[C@H]3CCN2C[C@@H]3CN2CCN(c3ncccn3)CC2)cc1. The number of benzene rings is 1. The number of amides is 2. The molecule has 6 rings (SSSR count). The van der Waals surface area contributed by atoms with Crippen LogP contribution in [0.1, 0.15) is 12.8 Å². The third-order valence-corrected chi connectivity index (χ3v) is 7.56. The van der Waals surface area contributed by atoms with Crippen LogP contribution in [-0.4, -0.2) is 91.3 Å².